The van der Waals surface area contributed by atoms with Crippen LogP contribution in [0.4, 0.5) is 4.79 Å². The Labute approximate surface area is 107 Å². The Hall–Kier alpha value is -0.990. The molecule has 0 aliphatic heterocycles. The number of carbonyl (C=O) groups is 1. The third kappa shape index (κ3) is 4.80. The third-order valence-corrected chi connectivity index (χ3v) is 3.39. The van der Waals surface area contributed by atoms with Crippen molar-refractivity contribution >= 4 is 6.03 Å². The van der Waals surface area contributed by atoms with Crippen LogP contribution >= 0.6 is 0 Å². The van der Waals surface area contributed by atoms with E-state index in [1.807, 2.05) is 6.92 Å². The first-order valence-corrected chi connectivity index (χ1v) is 6.86. The molecule has 0 aromatic rings. The first kappa shape index (κ1) is 14.1. The van der Waals surface area contributed by atoms with Gasteiger partial charge >= 0.3 is 6.03 Å². The van der Waals surface area contributed by atoms with Gasteiger partial charge in [0, 0.05) is 14.5 Å². The van der Waals surface area contributed by atoms with Gasteiger partial charge in [-0.3, -0.25) is 0 Å². The van der Waals surface area contributed by atoms with E-state index in [0.717, 1.165) is 18.9 Å². The molecule has 0 saturated carbocycles. The van der Waals surface area contributed by atoms with Crippen LogP contribution in [0.15, 0.2) is 11.6 Å². The molecule has 2 N–H and O–H groups in total. The molecular weight excluding hydrogens is 212 g/mol. The Bertz CT molecular complexity index is 277. The summed E-state index contributed by atoms with van der Waals surface area (Å²) < 4.78 is 0. The van der Waals surface area contributed by atoms with Crippen LogP contribution in [0.3, 0.4) is 0 Å². The predicted octanol–water partition coefficient (Wildman–Crippen LogP) is 3.32. The maximum absolute atomic E-state index is 11.2. The highest BCUT2D eigenvalue weighted by molar-refractivity contribution is 5.73. The zero-order valence-electron chi connectivity index (χ0n) is 11.4. The summed E-state index contributed by atoms with van der Waals surface area (Å²) in [6.07, 6.45) is 7.23. The summed E-state index contributed by atoms with van der Waals surface area (Å²) in [5, 5.41) is 5.62. The van der Waals surface area contributed by atoms with Crippen molar-refractivity contribution in [2.24, 2.45) is 11.8 Å². The highest BCUT2D eigenvalue weighted by Crippen LogP contribution is 2.34. The summed E-state index contributed by atoms with van der Waals surface area (Å²) in [4.78, 5) is 11.2. The fraction of sp³-hybridized carbons (Fsp3) is 0.786. The molecule has 1 unspecified atom stereocenters. The van der Waals surface area contributed by atoms with E-state index in [1.165, 1.54) is 19.3 Å². The van der Waals surface area contributed by atoms with Crippen molar-refractivity contribution in [3.8, 4) is 0 Å². The summed E-state index contributed by atoms with van der Waals surface area (Å²) in [7, 11) is 0. The largest absolute Gasteiger partial charge is 0.338 e. The Morgan fingerprint density at radius 1 is 1.53 bits per heavy atom. The van der Waals surface area contributed by atoms with E-state index < -0.39 is 0 Å². The van der Waals surface area contributed by atoms with Crippen molar-refractivity contribution in [3.05, 3.63) is 11.6 Å². The topological polar surface area (TPSA) is 41.1 Å². The molecule has 0 spiro atoms. The number of hydrogen-bond acceptors (Lipinski definition) is 1. The van der Waals surface area contributed by atoms with Crippen molar-refractivity contribution in [3.63, 3.8) is 0 Å². The molecule has 1 aliphatic carbocycles. The summed E-state index contributed by atoms with van der Waals surface area (Å²) in [5.41, 5.74) is 1.63. The lowest BCUT2D eigenvalue weighted by Gasteiger charge is -2.18. The SMILES string of the molecule is CCNC(=O)NCCCC1CCC=C1C(C)C.[HH]. The quantitative estimate of drug-likeness (QED) is 0.542. The van der Waals surface area contributed by atoms with Gasteiger partial charge in [-0.05, 0) is 44.4 Å². The van der Waals surface area contributed by atoms with Gasteiger partial charge in [-0.15, -0.1) is 0 Å². The van der Waals surface area contributed by atoms with Crippen molar-refractivity contribution in [2.45, 2.75) is 46.5 Å². The molecule has 0 radical (unpaired) electrons. The molecule has 0 aromatic carbocycles. The summed E-state index contributed by atoms with van der Waals surface area (Å²) >= 11 is 0. The normalized spacial score (nSPS) is 19.3. The van der Waals surface area contributed by atoms with Gasteiger partial charge in [0.05, 0.1) is 0 Å². The van der Waals surface area contributed by atoms with Gasteiger partial charge in [-0.1, -0.05) is 25.5 Å². The van der Waals surface area contributed by atoms with E-state index in [4.69, 9.17) is 0 Å². The van der Waals surface area contributed by atoms with Crippen LogP contribution in [0.2, 0.25) is 0 Å². The lowest BCUT2D eigenvalue weighted by atomic mass is 9.89. The second-order valence-corrected chi connectivity index (χ2v) is 5.06. The molecule has 1 atom stereocenters. The molecular formula is C14H28N2O. The molecule has 0 bridgehead atoms. The van der Waals surface area contributed by atoms with E-state index in [1.54, 1.807) is 5.57 Å². The van der Waals surface area contributed by atoms with Crippen LogP contribution < -0.4 is 10.6 Å². The second kappa shape index (κ2) is 7.36. The number of carbonyl (C=O) groups excluding carboxylic acids is 1. The standard InChI is InChI=1S/C14H26N2O.H2/c1-4-15-14(17)16-10-6-8-12-7-5-9-13(12)11(2)3;/h9,11-12H,4-8,10H2,1-3H3,(H2,15,16,17);1H. The lowest BCUT2D eigenvalue weighted by molar-refractivity contribution is 0.241. The monoisotopic (exact) mass is 240 g/mol. The first-order valence-electron chi connectivity index (χ1n) is 6.86. The van der Waals surface area contributed by atoms with Crippen molar-refractivity contribution in [2.75, 3.05) is 13.1 Å². The highest BCUT2D eigenvalue weighted by atomic mass is 16.2. The first-order chi connectivity index (χ1) is 8.15. The Morgan fingerprint density at radius 3 is 2.94 bits per heavy atom. The fourth-order valence-corrected chi connectivity index (χ4v) is 2.58. The molecule has 0 aromatic heterocycles. The molecule has 1 rings (SSSR count). The van der Waals surface area contributed by atoms with Gasteiger partial charge < -0.3 is 10.6 Å². The number of hydrogen-bond donors (Lipinski definition) is 2. The molecule has 2 amide bonds. The molecule has 3 heteroatoms. The van der Waals surface area contributed by atoms with E-state index >= 15 is 0 Å². The zero-order valence-corrected chi connectivity index (χ0v) is 11.4. The Morgan fingerprint density at radius 2 is 2.29 bits per heavy atom. The second-order valence-electron chi connectivity index (χ2n) is 5.06. The summed E-state index contributed by atoms with van der Waals surface area (Å²) in [6.45, 7) is 7.95. The van der Waals surface area contributed by atoms with Gasteiger partial charge in [0.2, 0.25) is 0 Å². The Kier molecular flexibility index (Phi) is 6.09. The number of allylic oxidation sites excluding steroid dienone is 2. The minimum atomic E-state index is -0.0430. The van der Waals surface area contributed by atoms with Gasteiger partial charge in [0.15, 0.2) is 0 Å². The van der Waals surface area contributed by atoms with Crippen molar-refractivity contribution in [1.82, 2.24) is 10.6 Å². The number of nitrogens with one attached hydrogen (secondary N) is 2. The number of amides is 2. The zero-order chi connectivity index (χ0) is 12.7. The van der Waals surface area contributed by atoms with Gasteiger partial charge in [-0.25, -0.2) is 4.79 Å². The number of urea groups is 1. The van der Waals surface area contributed by atoms with Crippen LogP contribution in [0.5, 0.6) is 0 Å². The molecule has 3 nitrogen and oxygen atoms in total. The maximum Gasteiger partial charge on any atom is 0.314 e. The van der Waals surface area contributed by atoms with Gasteiger partial charge in [0.25, 0.3) is 0 Å². The van der Waals surface area contributed by atoms with Crippen molar-refractivity contribution in [1.29, 1.82) is 0 Å². The minimum absolute atomic E-state index is 0. The van der Waals surface area contributed by atoms with E-state index in [9.17, 15) is 4.79 Å². The molecule has 0 fully saturated rings. The number of rotatable bonds is 6. The fourth-order valence-electron chi connectivity index (χ4n) is 2.58. The lowest BCUT2D eigenvalue weighted by Crippen LogP contribution is -2.35. The molecule has 1 aliphatic rings. The third-order valence-electron chi connectivity index (χ3n) is 3.39. The minimum Gasteiger partial charge on any atom is -0.338 e. The van der Waals surface area contributed by atoms with Crippen LogP contribution in [-0.2, 0) is 0 Å². The van der Waals surface area contributed by atoms with Crippen LogP contribution in [-0.4, -0.2) is 19.1 Å². The molecule has 100 valence electrons. The summed E-state index contributed by atoms with van der Waals surface area (Å²) in [5.74, 6) is 1.44. The van der Waals surface area contributed by atoms with E-state index in [-0.39, 0.29) is 7.46 Å². The van der Waals surface area contributed by atoms with Crippen LogP contribution in [0.25, 0.3) is 0 Å². The van der Waals surface area contributed by atoms with Gasteiger partial charge in [0.1, 0.15) is 0 Å². The van der Waals surface area contributed by atoms with E-state index in [0.29, 0.717) is 12.5 Å². The predicted molar refractivity (Wildman–Crippen MR) is 74.1 cm³/mol. The average Bonchev–Trinajstić information content (AvgIpc) is 2.73. The van der Waals surface area contributed by atoms with Crippen molar-refractivity contribution < 1.29 is 6.22 Å². The summed E-state index contributed by atoms with van der Waals surface area (Å²) in [6, 6.07) is -0.0430. The molecule has 17 heavy (non-hydrogen) atoms. The molecule has 0 heterocycles. The average molecular weight is 240 g/mol. The van der Waals surface area contributed by atoms with Crippen LogP contribution in [0.1, 0.15) is 47.9 Å². The van der Waals surface area contributed by atoms with E-state index in [2.05, 4.69) is 30.6 Å². The Balaban J connectivity index is 0.00000289. The molecule has 0 saturated heterocycles. The highest BCUT2D eigenvalue weighted by Gasteiger charge is 2.20. The maximum atomic E-state index is 11.2. The van der Waals surface area contributed by atoms with Gasteiger partial charge in [-0.2, -0.15) is 0 Å². The smallest absolute Gasteiger partial charge is 0.314 e. The van der Waals surface area contributed by atoms with Crippen LogP contribution in [0, 0.1) is 11.8 Å².